The smallest absolute Gasteiger partial charge is 0.214 e. The fourth-order valence-corrected chi connectivity index (χ4v) is 8.42. The maximum Gasteiger partial charge on any atom is 0.214 e. The molecule has 3 rings (SSSR count). The van der Waals surface area contributed by atoms with Crippen molar-refractivity contribution in [1.29, 1.82) is 0 Å². The number of rotatable bonds is 4. The highest BCUT2D eigenvalue weighted by Gasteiger charge is 2.68. The molecule has 0 radical (unpaired) electrons. The first-order valence-corrected chi connectivity index (χ1v) is 11.1. The molecular formula is C16H27BrN2O3S. The van der Waals surface area contributed by atoms with Gasteiger partial charge >= 0.3 is 0 Å². The fraction of sp³-hybridized carbons (Fsp3) is 0.938. The van der Waals surface area contributed by atoms with Crippen LogP contribution in [0.25, 0.3) is 0 Å². The summed E-state index contributed by atoms with van der Waals surface area (Å²) in [7, 11) is -3.33. The van der Waals surface area contributed by atoms with Crippen molar-refractivity contribution in [2.24, 2.45) is 16.7 Å². The minimum atomic E-state index is -3.33. The number of halogens is 1. The molecule has 0 aromatic rings. The Morgan fingerprint density at radius 1 is 1.22 bits per heavy atom. The van der Waals surface area contributed by atoms with Crippen molar-refractivity contribution >= 4 is 31.7 Å². The maximum atomic E-state index is 13.0. The van der Waals surface area contributed by atoms with Crippen LogP contribution >= 0.6 is 15.9 Å². The number of ketones is 1. The molecule has 1 heterocycles. The highest BCUT2D eigenvalue weighted by molar-refractivity contribution is 9.10. The number of hydrogen-bond acceptors (Lipinski definition) is 4. The first-order chi connectivity index (χ1) is 10.7. The molecule has 132 valence electrons. The molecule has 4 atom stereocenters. The number of likely N-dealkylation sites (N-methyl/N-ethyl adjacent to an activating group) is 1. The van der Waals surface area contributed by atoms with Crippen LogP contribution in [0.2, 0.25) is 0 Å². The minimum Gasteiger partial charge on any atom is -0.301 e. The largest absolute Gasteiger partial charge is 0.301 e. The van der Waals surface area contributed by atoms with Gasteiger partial charge in [-0.15, -0.1) is 0 Å². The molecule has 2 saturated carbocycles. The van der Waals surface area contributed by atoms with Gasteiger partial charge in [-0.25, -0.2) is 8.42 Å². The van der Waals surface area contributed by atoms with Gasteiger partial charge in [0.2, 0.25) is 10.0 Å². The van der Waals surface area contributed by atoms with Gasteiger partial charge in [0.05, 0.1) is 10.6 Å². The second-order valence-corrected chi connectivity index (χ2v) is 10.7. The fourth-order valence-electron chi connectivity index (χ4n) is 4.88. The molecular weight excluding hydrogens is 380 g/mol. The summed E-state index contributed by atoms with van der Waals surface area (Å²) in [6.07, 6.45) is 1.75. The summed E-state index contributed by atoms with van der Waals surface area (Å²) in [6.45, 7) is 9.79. The number of sulfonamides is 1. The lowest BCUT2D eigenvalue weighted by molar-refractivity contribution is -0.127. The van der Waals surface area contributed by atoms with Crippen LogP contribution in [0.3, 0.4) is 0 Å². The van der Waals surface area contributed by atoms with Gasteiger partial charge in [0.15, 0.2) is 5.78 Å². The zero-order valence-electron chi connectivity index (χ0n) is 14.2. The van der Waals surface area contributed by atoms with Crippen LogP contribution in [-0.4, -0.2) is 66.7 Å². The van der Waals surface area contributed by atoms with E-state index in [1.54, 1.807) is 4.31 Å². The average molecular weight is 407 g/mol. The van der Waals surface area contributed by atoms with Crippen LogP contribution in [0.15, 0.2) is 0 Å². The molecule has 3 aliphatic rings. The van der Waals surface area contributed by atoms with E-state index in [1.165, 1.54) is 0 Å². The van der Waals surface area contributed by atoms with Crippen LogP contribution in [0.1, 0.15) is 33.6 Å². The van der Waals surface area contributed by atoms with Gasteiger partial charge in [0.1, 0.15) is 0 Å². The molecule has 2 bridgehead atoms. The molecule has 23 heavy (non-hydrogen) atoms. The van der Waals surface area contributed by atoms with Gasteiger partial charge < -0.3 is 4.90 Å². The predicted molar refractivity (Wildman–Crippen MR) is 94.1 cm³/mol. The monoisotopic (exact) mass is 406 g/mol. The topological polar surface area (TPSA) is 57.7 Å². The first kappa shape index (κ1) is 17.8. The molecule has 0 aromatic carbocycles. The number of carbonyl (C=O) groups is 1. The Bertz CT molecular complexity index is 602. The number of alkyl halides is 1. The van der Waals surface area contributed by atoms with Crippen molar-refractivity contribution in [2.75, 3.05) is 38.5 Å². The Morgan fingerprint density at radius 3 is 2.30 bits per heavy atom. The summed E-state index contributed by atoms with van der Waals surface area (Å²) in [5.74, 6) is 0.426. The molecule has 1 aliphatic heterocycles. The van der Waals surface area contributed by atoms with Crippen molar-refractivity contribution in [3.8, 4) is 0 Å². The van der Waals surface area contributed by atoms with Crippen LogP contribution in [0.5, 0.6) is 0 Å². The van der Waals surface area contributed by atoms with Gasteiger partial charge in [0.25, 0.3) is 0 Å². The van der Waals surface area contributed by atoms with E-state index in [4.69, 9.17) is 0 Å². The SMILES string of the molecule is CCN1CCN(S(=O)(=O)C[C@@]2(C)[C@H]3CC[C@@]2(C)C(=O)[C@@H]3Br)CC1. The molecule has 5 nitrogen and oxygen atoms in total. The lowest BCUT2D eigenvalue weighted by Gasteiger charge is -2.39. The lowest BCUT2D eigenvalue weighted by atomic mass is 9.70. The predicted octanol–water partition coefficient (Wildman–Crippen LogP) is 1.72. The van der Waals surface area contributed by atoms with Gasteiger partial charge in [0, 0.05) is 31.6 Å². The van der Waals surface area contributed by atoms with E-state index < -0.39 is 20.9 Å². The number of piperazine rings is 1. The molecule has 7 heteroatoms. The molecule has 2 aliphatic carbocycles. The standard InChI is InChI=1S/C16H27BrN2O3S/c1-4-18-7-9-19(10-8-18)23(21,22)11-16(3)12-5-6-15(16,2)14(20)13(12)17/h12-13H,4-11H2,1-3H3/t12-,13+,15-,16-/m0/s1. The number of carbonyl (C=O) groups excluding carboxylic acids is 1. The first-order valence-electron chi connectivity index (χ1n) is 8.54. The van der Waals surface area contributed by atoms with Crippen molar-refractivity contribution in [2.45, 2.75) is 38.4 Å². The van der Waals surface area contributed by atoms with Crippen LogP contribution in [0.4, 0.5) is 0 Å². The second kappa shape index (κ2) is 5.78. The van der Waals surface area contributed by atoms with Crippen LogP contribution in [0, 0.1) is 16.7 Å². The Labute approximate surface area is 148 Å². The Hall–Kier alpha value is 0.0200. The van der Waals surface area contributed by atoms with Crippen LogP contribution < -0.4 is 0 Å². The quantitative estimate of drug-likeness (QED) is 0.666. The van der Waals surface area contributed by atoms with E-state index in [-0.39, 0.29) is 22.3 Å². The highest BCUT2D eigenvalue weighted by Crippen LogP contribution is 2.65. The zero-order chi connectivity index (χ0) is 17.0. The van der Waals surface area contributed by atoms with Gasteiger partial charge in [-0.1, -0.05) is 36.7 Å². The van der Waals surface area contributed by atoms with Crippen molar-refractivity contribution in [1.82, 2.24) is 9.21 Å². The van der Waals surface area contributed by atoms with E-state index in [0.29, 0.717) is 13.1 Å². The third-order valence-corrected chi connectivity index (χ3v) is 10.0. The molecule has 0 spiro atoms. The van der Waals surface area contributed by atoms with Gasteiger partial charge in [-0.05, 0) is 30.7 Å². The molecule has 3 fully saturated rings. The lowest BCUT2D eigenvalue weighted by Crippen LogP contribution is -2.52. The van der Waals surface area contributed by atoms with E-state index in [1.807, 2.05) is 13.8 Å². The molecule has 0 unspecified atom stereocenters. The number of fused-ring (bicyclic) bond motifs is 2. The Morgan fingerprint density at radius 2 is 1.83 bits per heavy atom. The zero-order valence-corrected chi connectivity index (χ0v) is 16.6. The summed E-state index contributed by atoms with van der Waals surface area (Å²) in [6, 6.07) is 0. The summed E-state index contributed by atoms with van der Waals surface area (Å²) in [4.78, 5) is 14.7. The maximum absolute atomic E-state index is 13.0. The van der Waals surface area contributed by atoms with Crippen LogP contribution in [-0.2, 0) is 14.8 Å². The summed E-state index contributed by atoms with van der Waals surface area (Å²) >= 11 is 3.53. The van der Waals surface area contributed by atoms with Crippen molar-refractivity contribution in [3.05, 3.63) is 0 Å². The van der Waals surface area contributed by atoms with E-state index in [0.717, 1.165) is 32.5 Å². The summed E-state index contributed by atoms with van der Waals surface area (Å²) < 4.78 is 27.6. The van der Waals surface area contributed by atoms with Crippen molar-refractivity contribution in [3.63, 3.8) is 0 Å². The van der Waals surface area contributed by atoms with E-state index in [2.05, 4.69) is 27.8 Å². The minimum absolute atomic E-state index is 0.0983. The van der Waals surface area contributed by atoms with Gasteiger partial charge in [-0.3, -0.25) is 4.79 Å². The molecule has 0 aromatic heterocycles. The van der Waals surface area contributed by atoms with E-state index >= 15 is 0 Å². The highest BCUT2D eigenvalue weighted by atomic mass is 79.9. The number of hydrogen-bond donors (Lipinski definition) is 0. The number of Topliss-reactive ketones (excluding diaryl/α,β-unsaturated/α-hetero) is 1. The number of nitrogens with zero attached hydrogens (tertiary/aromatic N) is 2. The van der Waals surface area contributed by atoms with E-state index in [9.17, 15) is 13.2 Å². The van der Waals surface area contributed by atoms with Crippen molar-refractivity contribution < 1.29 is 13.2 Å². The normalized spacial score (nSPS) is 42.5. The molecule has 1 saturated heterocycles. The van der Waals surface area contributed by atoms with Gasteiger partial charge in [-0.2, -0.15) is 4.31 Å². The molecule has 0 amide bonds. The third kappa shape index (κ3) is 2.53. The Kier molecular flexibility index (Phi) is 4.48. The second-order valence-electron chi connectivity index (χ2n) is 7.75. The average Bonchev–Trinajstić information content (AvgIpc) is 2.83. The Balaban J connectivity index is 1.80. The molecule has 0 N–H and O–H groups in total. The third-order valence-electron chi connectivity index (χ3n) is 6.84. The summed E-state index contributed by atoms with van der Waals surface area (Å²) in [5.41, 5.74) is -0.969. The summed E-state index contributed by atoms with van der Waals surface area (Å²) in [5, 5.41) is 0.